The SMILES string of the molecule is Cc1ccc(Oc2ccccc2)cc1N(C)Cc1ccccc1. The van der Waals surface area contributed by atoms with Crippen molar-refractivity contribution in [3.8, 4) is 11.5 Å². The molecule has 0 aliphatic heterocycles. The first-order valence-electron chi connectivity index (χ1n) is 7.81. The minimum Gasteiger partial charge on any atom is -0.457 e. The summed E-state index contributed by atoms with van der Waals surface area (Å²) in [4.78, 5) is 2.25. The Balaban J connectivity index is 1.80. The number of ether oxygens (including phenoxy) is 1. The maximum atomic E-state index is 5.95. The zero-order valence-electron chi connectivity index (χ0n) is 13.6. The van der Waals surface area contributed by atoms with Crippen LogP contribution in [0.25, 0.3) is 0 Å². The van der Waals surface area contributed by atoms with Crippen molar-refractivity contribution in [2.45, 2.75) is 13.5 Å². The molecule has 0 unspecified atom stereocenters. The van der Waals surface area contributed by atoms with E-state index in [-0.39, 0.29) is 0 Å². The third kappa shape index (κ3) is 3.92. The van der Waals surface area contributed by atoms with E-state index >= 15 is 0 Å². The molecular weight excluding hydrogens is 282 g/mol. The second kappa shape index (κ2) is 7.01. The van der Waals surface area contributed by atoms with Crippen molar-refractivity contribution in [1.82, 2.24) is 0 Å². The monoisotopic (exact) mass is 303 g/mol. The van der Waals surface area contributed by atoms with Gasteiger partial charge in [0.1, 0.15) is 11.5 Å². The van der Waals surface area contributed by atoms with Crippen molar-refractivity contribution < 1.29 is 4.74 Å². The molecule has 3 aromatic rings. The number of aryl methyl sites for hydroxylation is 1. The van der Waals surface area contributed by atoms with Crippen molar-refractivity contribution in [1.29, 1.82) is 0 Å². The van der Waals surface area contributed by atoms with Gasteiger partial charge in [-0.05, 0) is 36.2 Å². The molecule has 23 heavy (non-hydrogen) atoms. The summed E-state index contributed by atoms with van der Waals surface area (Å²) in [5.74, 6) is 1.71. The Morgan fingerprint density at radius 1 is 0.783 bits per heavy atom. The third-order valence-electron chi connectivity index (χ3n) is 3.83. The second-order valence-corrected chi connectivity index (χ2v) is 5.71. The molecule has 3 aromatic carbocycles. The van der Waals surface area contributed by atoms with Gasteiger partial charge in [-0.15, -0.1) is 0 Å². The third-order valence-corrected chi connectivity index (χ3v) is 3.83. The largest absolute Gasteiger partial charge is 0.457 e. The van der Waals surface area contributed by atoms with E-state index in [0.29, 0.717) is 0 Å². The van der Waals surface area contributed by atoms with Crippen LogP contribution < -0.4 is 9.64 Å². The van der Waals surface area contributed by atoms with Crippen LogP contribution in [0.3, 0.4) is 0 Å². The van der Waals surface area contributed by atoms with Gasteiger partial charge < -0.3 is 9.64 Å². The van der Waals surface area contributed by atoms with Crippen LogP contribution in [0.2, 0.25) is 0 Å². The van der Waals surface area contributed by atoms with Crippen molar-refractivity contribution in [3.05, 3.63) is 90.0 Å². The van der Waals surface area contributed by atoms with Crippen LogP contribution in [0.1, 0.15) is 11.1 Å². The topological polar surface area (TPSA) is 12.5 Å². The van der Waals surface area contributed by atoms with Crippen LogP contribution in [0.5, 0.6) is 11.5 Å². The van der Waals surface area contributed by atoms with Gasteiger partial charge in [-0.25, -0.2) is 0 Å². The van der Waals surface area contributed by atoms with E-state index in [1.165, 1.54) is 16.8 Å². The minimum atomic E-state index is 0.855. The fraction of sp³-hybridized carbons (Fsp3) is 0.143. The van der Waals surface area contributed by atoms with E-state index in [1.807, 2.05) is 42.5 Å². The lowest BCUT2D eigenvalue weighted by Crippen LogP contribution is -2.17. The molecule has 0 aromatic heterocycles. The van der Waals surface area contributed by atoms with Crippen LogP contribution in [0, 0.1) is 6.92 Å². The molecule has 0 atom stereocenters. The number of nitrogens with zero attached hydrogens (tertiary/aromatic N) is 1. The molecule has 3 rings (SSSR count). The molecule has 116 valence electrons. The highest BCUT2D eigenvalue weighted by atomic mass is 16.5. The average Bonchev–Trinajstić information content (AvgIpc) is 2.58. The number of hydrogen-bond donors (Lipinski definition) is 0. The Morgan fingerprint density at radius 3 is 2.13 bits per heavy atom. The van der Waals surface area contributed by atoms with E-state index < -0.39 is 0 Å². The first-order chi connectivity index (χ1) is 11.2. The van der Waals surface area contributed by atoms with E-state index in [1.54, 1.807) is 0 Å². The number of hydrogen-bond acceptors (Lipinski definition) is 2. The summed E-state index contributed by atoms with van der Waals surface area (Å²) in [5.41, 5.74) is 3.72. The standard InChI is InChI=1S/C21H21NO/c1-17-13-14-20(23-19-11-7-4-8-12-19)15-21(17)22(2)16-18-9-5-3-6-10-18/h3-15H,16H2,1-2H3. The summed E-state index contributed by atoms with van der Waals surface area (Å²) in [6.45, 7) is 3.00. The predicted octanol–water partition coefficient (Wildman–Crippen LogP) is 5.42. The van der Waals surface area contributed by atoms with Gasteiger partial charge in [-0.1, -0.05) is 54.6 Å². The second-order valence-electron chi connectivity index (χ2n) is 5.71. The summed E-state index contributed by atoms with van der Waals surface area (Å²) < 4.78 is 5.95. The maximum Gasteiger partial charge on any atom is 0.129 e. The van der Waals surface area contributed by atoms with Crippen molar-refractivity contribution in [3.63, 3.8) is 0 Å². The van der Waals surface area contributed by atoms with E-state index in [0.717, 1.165) is 18.0 Å². The number of rotatable bonds is 5. The van der Waals surface area contributed by atoms with Crippen LogP contribution in [-0.4, -0.2) is 7.05 Å². The van der Waals surface area contributed by atoms with Crippen LogP contribution in [0.4, 0.5) is 5.69 Å². The summed E-state index contributed by atoms with van der Waals surface area (Å²) in [6.07, 6.45) is 0. The molecule has 0 fully saturated rings. The number of benzene rings is 3. The molecule has 2 heteroatoms. The molecule has 0 aliphatic rings. The van der Waals surface area contributed by atoms with Gasteiger partial charge in [0.15, 0.2) is 0 Å². The van der Waals surface area contributed by atoms with Crippen molar-refractivity contribution in [2.75, 3.05) is 11.9 Å². The number of para-hydroxylation sites is 1. The van der Waals surface area contributed by atoms with Gasteiger partial charge in [-0.3, -0.25) is 0 Å². The normalized spacial score (nSPS) is 10.3. The molecule has 0 saturated carbocycles. The summed E-state index contributed by atoms with van der Waals surface area (Å²) in [5, 5.41) is 0. The zero-order valence-corrected chi connectivity index (χ0v) is 13.6. The Bertz CT molecular complexity index is 753. The fourth-order valence-corrected chi connectivity index (χ4v) is 2.63. The lowest BCUT2D eigenvalue weighted by molar-refractivity contribution is 0.482. The predicted molar refractivity (Wildman–Crippen MR) is 96.2 cm³/mol. The highest BCUT2D eigenvalue weighted by Gasteiger charge is 2.08. The Labute approximate surface area is 138 Å². The lowest BCUT2D eigenvalue weighted by atomic mass is 10.1. The molecule has 0 heterocycles. The Hall–Kier alpha value is -2.74. The Kier molecular flexibility index (Phi) is 4.62. The van der Waals surface area contributed by atoms with Gasteiger partial charge >= 0.3 is 0 Å². The highest BCUT2D eigenvalue weighted by molar-refractivity contribution is 5.57. The fourth-order valence-electron chi connectivity index (χ4n) is 2.63. The molecular formula is C21H21NO. The van der Waals surface area contributed by atoms with Crippen molar-refractivity contribution in [2.24, 2.45) is 0 Å². The van der Waals surface area contributed by atoms with Gasteiger partial charge in [0.25, 0.3) is 0 Å². The number of anilines is 1. The van der Waals surface area contributed by atoms with Crippen LogP contribution in [-0.2, 0) is 6.54 Å². The van der Waals surface area contributed by atoms with Crippen molar-refractivity contribution >= 4 is 5.69 Å². The van der Waals surface area contributed by atoms with E-state index in [9.17, 15) is 0 Å². The molecule has 0 spiro atoms. The molecule has 2 nitrogen and oxygen atoms in total. The van der Waals surface area contributed by atoms with Crippen LogP contribution >= 0.6 is 0 Å². The quantitative estimate of drug-likeness (QED) is 0.623. The summed E-state index contributed by atoms with van der Waals surface area (Å²) >= 11 is 0. The summed E-state index contributed by atoms with van der Waals surface area (Å²) in [6, 6.07) is 26.6. The maximum absolute atomic E-state index is 5.95. The summed E-state index contributed by atoms with van der Waals surface area (Å²) in [7, 11) is 2.11. The average molecular weight is 303 g/mol. The van der Waals surface area contributed by atoms with E-state index in [4.69, 9.17) is 4.74 Å². The van der Waals surface area contributed by atoms with Gasteiger partial charge in [0.05, 0.1) is 0 Å². The first kappa shape index (κ1) is 15.2. The zero-order chi connectivity index (χ0) is 16.1. The van der Waals surface area contributed by atoms with Gasteiger partial charge in [0.2, 0.25) is 0 Å². The molecule has 0 bridgehead atoms. The lowest BCUT2D eigenvalue weighted by Gasteiger charge is -2.22. The molecule has 0 radical (unpaired) electrons. The van der Waals surface area contributed by atoms with Gasteiger partial charge in [-0.2, -0.15) is 0 Å². The molecule has 0 aliphatic carbocycles. The highest BCUT2D eigenvalue weighted by Crippen LogP contribution is 2.29. The smallest absolute Gasteiger partial charge is 0.129 e. The molecule has 0 saturated heterocycles. The molecule has 0 N–H and O–H groups in total. The Morgan fingerprint density at radius 2 is 1.43 bits per heavy atom. The van der Waals surface area contributed by atoms with Gasteiger partial charge in [0, 0.05) is 25.3 Å². The molecule has 0 amide bonds. The minimum absolute atomic E-state index is 0.855. The van der Waals surface area contributed by atoms with E-state index in [2.05, 4.69) is 55.3 Å². The first-order valence-corrected chi connectivity index (χ1v) is 7.81. The van der Waals surface area contributed by atoms with Crippen LogP contribution in [0.15, 0.2) is 78.9 Å².